The van der Waals surface area contributed by atoms with Crippen LogP contribution in [0, 0.1) is 5.82 Å². The molecule has 1 aliphatic rings. The summed E-state index contributed by atoms with van der Waals surface area (Å²) in [6.07, 6.45) is 5.01. The normalized spacial score (nSPS) is 15.3. The SMILES string of the molecule is O=C(Nc1cccnc1)N1CCC(Nc2ccc(F)cc2)CC1. The van der Waals surface area contributed by atoms with Crippen molar-refractivity contribution in [3.05, 3.63) is 54.6 Å². The molecule has 120 valence electrons. The largest absolute Gasteiger partial charge is 0.382 e. The maximum atomic E-state index is 12.9. The van der Waals surface area contributed by atoms with Crippen molar-refractivity contribution in [3.63, 3.8) is 0 Å². The van der Waals surface area contributed by atoms with Crippen LogP contribution in [0.25, 0.3) is 0 Å². The molecule has 2 aromatic rings. The lowest BCUT2D eigenvalue weighted by molar-refractivity contribution is 0.197. The maximum Gasteiger partial charge on any atom is 0.321 e. The van der Waals surface area contributed by atoms with Gasteiger partial charge in [0.1, 0.15) is 5.82 Å². The first-order valence-corrected chi connectivity index (χ1v) is 7.69. The Hall–Kier alpha value is -2.63. The highest BCUT2D eigenvalue weighted by atomic mass is 19.1. The Kier molecular flexibility index (Phi) is 4.71. The molecule has 5 nitrogen and oxygen atoms in total. The fourth-order valence-electron chi connectivity index (χ4n) is 2.65. The highest BCUT2D eigenvalue weighted by Gasteiger charge is 2.22. The summed E-state index contributed by atoms with van der Waals surface area (Å²) in [5.41, 5.74) is 1.61. The van der Waals surface area contributed by atoms with Crippen LogP contribution in [-0.4, -0.2) is 35.0 Å². The second-order valence-corrected chi connectivity index (χ2v) is 5.58. The minimum absolute atomic E-state index is 0.0989. The van der Waals surface area contributed by atoms with Crippen molar-refractivity contribution in [2.45, 2.75) is 18.9 Å². The van der Waals surface area contributed by atoms with Crippen molar-refractivity contribution in [3.8, 4) is 0 Å². The first kappa shape index (κ1) is 15.3. The third-order valence-electron chi connectivity index (χ3n) is 3.91. The first-order chi connectivity index (χ1) is 11.2. The van der Waals surface area contributed by atoms with Gasteiger partial charge in [-0.3, -0.25) is 4.98 Å². The third-order valence-corrected chi connectivity index (χ3v) is 3.91. The number of nitrogens with one attached hydrogen (secondary N) is 2. The fraction of sp³-hybridized carbons (Fsp3) is 0.294. The molecule has 0 atom stereocenters. The van der Waals surface area contributed by atoms with Gasteiger partial charge in [-0.2, -0.15) is 0 Å². The lowest BCUT2D eigenvalue weighted by Gasteiger charge is -2.32. The van der Waals surface area contributed by atoms with Crippen molar-refractivity contribution in [2.24, 2.45) is 0 Å². The number of benzene rings is 1. The second-order valence-electron chi connectivity index (χ2n) is 5.58. The molecule has 1 aromatic heterocycles. The number of aromatic nitrogens is 1. The van der Waals surface area contributed by atoms with E-state index in [4.69, 9.17) is 0 Å². The van der Waals surface area contributed by atoms with Crippen LogP contribution in [0.5, 0.6) is 0 Å². The van der Waals surface area contributed by atoms with Crippen molar-refractivity contribution >= 4 is 17.4 Å². The van der Waals surface area contributed by atoms with Gasteiger partial charge in [0.15, 0.2) is 0 Å². The van der Waals surface area contributed by atoms with Gasteiger partial charge in [-0.05, 0) is 49.2 Å². The van der Waals surface area contributed by atoms with Crippen LogP contribution in [-0.2, 0) is 0 Å². The number of carbonyl (C=O) groups is 1. The summed E-state index contributed by atoms with van der Waals surface area (Å²) in [4.78, 5) is 18.0. The first-order valence-electron chi connectivity index (χ1n) is 7.69. The van der Waals surface area contributed by atoms with Crippen LogP contribution >= 0.6 is 0 Å². The van der Waals surface area contributed by atoms with E-state index in [0.717, 1.165) is 18.5 Å². The molecule has 2 N–H and O–H groups in total. The topological polar surface area (TPSA) is 57.3 Å². The molecule has 0 radical (unpaired) electrons. The summed E-state index contributed by atoms with van der Waals surface area (Å²) in [5, 5.41) is 6.23. The van der Waals surface area contributed by atoms with E-state index < -0.39 is 0 Å². The Morgan fingerprint density at radius 3 is 2.52 bits per heavy atom. The molecule has 2 heterocycles. The number of urea groups is 1. The molecule has 6 heteroatoms. The molecular formula is C17H19FN4O. The molecule has 0 bridgehead atoms. The van der Waals surface area contributed by atoms with Gasteiger partial charge < -0.3 is 15.5 Å². The molecule has 0 spiro atoms. The number of carbonyl (C=O) groups excluding carboxylic acids is 1. The number of anilines is 2. The van der Waals surface area contributed by atoms with E-state index in [9.17, 15) is 9.18 Å². The van der Waals surface area contributed by atoms with Crippen molar-refractivity contribution in [2.75, 3.05) is 23.7 Å². The van der Waals surface area contributed by atoms with E-state index in [0.29, 0.717) is 24.8 Å². The number of hydrogen-bond donors (Lipinski definition) is 2. The van der Waals surface area contributed by atoms with Crippen LogP contribution in [0.15, 0.2) is 48.8 Å². The molecule has 0 aliphatic carbocycles. The van der Waals surface area contributed by atoms with E-state index in [1.54, 1.807) is 35.5 Å². The maximum absolute atomic E-state index is 12.9. The lowest BCUT2D eigenvalue weighted by Crippen LogP contribution is -2.44. The van der Waals surface area contributed by atoms with Crippen molar-refractivity contribution in [1.29, 1.82) is 0 Å². The van der Waals surface area contributed by atoms with Gasteiger partial charge in [-0.25, -0.2) is 9.18 Å². The van der Waals surface area contributed by atoms with Gasteiger partial charge in [0.05, 0.1) is 11.9 Å². The van der Waals surface area contributed by atoms with Gasteiger partial charge in [-0.1, -0.05) is 0 Å². The quantitative estimate of drug-likeness (QED) is 0.913. The molecular weight excluding hydrogens is 295 g/mol. The monoisotopic (exact) mass is 314 g/mol. The average molecular weight is 314 g/mol. The molecule has 1 saturated heterocycles. The summed E-state index contributed by atoms with van der Waals surface area (Å²) in [6, 6.07) is 10.1. The number of rotatable bonds is 3. The number of amides is 2. The van der Waals surface area contributed by atoms with Crippen LogP contribution in [0.1, 0.15) is 12.8 Å². The number of halogens is 1. The predicted octanol–water partition coefficient (Wildman–Crippen LogP) is 3.33. The number of nitrogens with zero attached hydrogens (tertiary/aromatic N) is 2. The van der Waals surface area contributed by atoms with Gasteiger partial charge in [0, 0.05) is 31.0 Å². The standard InChI is InChI=1S/C17H19FN4O/c18-13-3-5-14(6-4-13)20-15-7-10-22(11-8-15)17(23)21-16-2-1-9-19-12-16/h1-6,9,12,15,20H,7-8,10-11H2,(H,21,23). The van der Waals surface area contributed by atoms with Gasteiger partial charge in [0.25, 0.3) is 0 Å². The molecule has 1 aromatic carbocycles. The molecule has 0 unspecified atom stereocenters. The zero-order valence-corrected chi connectivity index (χ0v) is 12.7. The lowest BCUT2D eigenvalue weighted by atomic mass is 10.0. The van der Waals surface area contributed by atoms with E-state index in [1.165, 1.54) is 12.1 Å². The van der Waals surface area contributed by atoms with Crippen LogP contribution in [0.3, 0.4) is 0 Å². The predicted molar refractivity (Wildman–Crippen MR) is 87.9 cm³/mol. The summed E-state index contributed by atoms with van der Waals surface area (Å²) in [7, 11) is 0. The number of likely N-dealkylation sites (tertiary alicyclic amines) is 1. The Morgan fingerprint density at radius 1 is 1.13 bits per heavy atom. The Morgan fingerprint density at radius 2 is 1.87 bits per heavy atom. The second kappa shape index (κ2) is 7.09. The fourth-order valence-corrected chi connectivity index (χ4v) is 2.65. The van der Waals surface area contributed by atoms with E-state index in [1.807, 2.05) is 6.07 Å². The molecule has 3 rings (SSSR count). The summed E-state index contributed by atoms with van der Waals surface area (Å²) < 4.78 is 12.9. The molecule has 0 saturated carbocycles. The molecule has 2 amide bonds. The van der Waals surface area contributed by atoms with Crippen molar-refractivity contribution < 1.29 is 9.18 Å². The Balaban J connectivity index is 1.48. The minimum atomic E-state index is -0.238. The van der Waals surface area contributed by atoms with Gasteiger partial charge in [-0.15, -0.1) is 0 Å². The van der Waals surface area contributed by atoms with Crippen LogP contribution < -0.4 is 10.6 Å². The highest BCUT2D eigenvalue weighted by Crippen LogP contribution is 2.18. The number of hydrogen-bond acceptors (Lipinski definition) is 3. The number of pyridine rings is 1. The van der Waals surface area contributed by atoms with Crippen LogP contribution in [0.4, 0.5) is 20.6 Å². The minimum Gasteiger partial charge on any atom is -0.382 e. The van der Waals surface area contributed by atoms with E-state index in [2.05, 4.69) is 15.6 Å². The molecule has 1 fully saturated rings. The number of piperidine rings is 1. The summed E-state index contributed by atoms with van der Waals surface area (Å²) in [5.74, 6) is -0.238. The third kappa shape index (κ3) is 4.18. The van der Waals surface area contributed by atoms with E-state index >= 15 is 0 Å². The average Bonchev–Trinajstić information content (AvgIpc) is 2.58. The molecule has 23 heavy (non-hydrogen) atoms. The van der Waals surface area contributed by atoms with Crippen molar-refractivity contribution in [1.82, 2.24) is 9.88 Å². The zero-order valence-electron chi connectivity index (χ0n) is 12.7. The van der Waals surface area contributed by atoms with E-state index in [-0.39, 0.29) is 11.8 Å². The van der Waals surface area contributed by atoms with Crippen LogP contribution in [0.2, 0.25) is 0 Å². The smallest absolute Gasteiger partial charge is 0.321 e. The van der Waals surface area contributed by atoms with Gasteiger partial charge in [0.2, 0.25) is 0 Å². The Bertz CT molecular complexity index is 639. The molecule has 1 aliphatic heterocycles. The zero-order chi connectivity index (χ0) is 16.1. The highest BCUT2D eigenvalue weighted by molar-refractivity contribution is 5.89. The Labute approximate surface area is 134 Å². The summed E-state index contributed by atoms with van der Waals surface area (Å²) >= 11 is 0. The van der Waals surface area contributed by atoms with Gasteiger partial charge >= 0.3 is 6.03 Å². The summed E-state index contributed by atoms with van der Waals surface area (Å²) in [6.45, 7) is 1.37.